The van der Waals surface area contributed by atoms with E-state index in [1.165, 1.54) is 0 Å². The molecule has 0 radical (unpaired) electrons. The van der Waals surface area contributed by atoms with Gasteiger partial charge in [-0.1, -0.05) is 0 Å². The van der Waals surface area contributed by atoms with E-state index in [1.807, 2.05) is 0 Å². The molecule has 148 valence electrons. The van der Waals surface area contributed by atoms with Crippen molar-refractivity contribution in [1.29, 1.82) is 0 Å². The van der Waals surface area contributed by atoms with Crippen LogP contribution in [0, 0.1) is 0 Å². The number of carbonyl (C=O) groups excluding carboxylic acids is 4. The van der Waals surface area contributed by atoms with Crippen molar-refractivity contribution < 1.29 is 42.9 Å². The SMILES string of the molecule is O=C1CC(=O)OC2(CCC(OC3CCC4(CC3)OC(=O)CC(=O)O4)CC2)O1. The molecule has 2 aliphatic carbocycles. The Morgan fingerprint density at radius 1 is 0.593 bits per heavy atom. The van der Waals surface area contributed by atoms with Gasteiger partial charge in [0.15, 0.2) is 0 Å². The van der Waals surface area contributed by atoms with E-state index < -0.39 is 35.5 Å². The Morgan fingerprint density at radius 2 is 0.889 bits per heavy atom. The Morgan fingerprint density at radius 3 is 1.19 bits per heavy atom. The second kappa shape index (κ2) is 6.78. The average molecular weight is 382 g/mol. The molecule has 0 aromatic heterocycles. The summed E-state index contributed by atoms with van der Waals surface area (Å²) in [5.74, 6) is -4.43. The van der Waals surface area contributed by atoms with E-state index in [0.717, 1.165) is 0 Å². The maximum absolute atomic E-state index is 11.5. The van der Waals surface area contributed by atoms with Gasteiger partial charge in [0.1, 0.15) is 12.8 Å². The van der Waals surface area contributed by atoms with Crippen LogP contribution in [0.15, 0.2) is 0 Å². The van der Waals surface area contributed by atoms with Gasteiger partial charge in [-0.3, -0.25) is 19.2 Å². The summed E-state index contributed by atoms with van der Waals surface area (Å²) in [4.78, 5) is 46.1. The first-order valence-corrected chi connectivity index (χ1v) is 9.38. The highest BCUT2D eigenvalue weighted by molar-refractivity contribution is 5.93. The quantitative estimate of drug-likeness (QED) is 0.514. The lowest BCUT2D eigenvalue weighted by Gasteiger charge is -2.43. The molecular formula is C18H22O9. The van der Waals surface area contributed by atoms with E-state index in [0.29, 0.717) is 51.4 Å². The zero-order chi connectivity index (χ0) is 19.1. The molecule has 2 heterocycles. The summed E-state index contributed by atoms with van der Waals surface area (Å²) >= 11 is 0. The lowest BCUT2D eigenvalue weighted by Crippen LogP contribution is -2.50. The summed E-state index contributed by atoms with van der Waals surface area (Å²) in [5, 5.41) is 0. The van der Waals surface area contributed by atoms with Crippen LogP contribution >= 0.6 is 0 Å². The number of ether oxygens (including phenoxy) is 5. The van der Waals surface area contributed by atoms with Crippen LogP contribution in [0.25, 0.3) is 0 Å². The topological polar surface area (TPSA) is 114 Å². The van der Waals surface area contributed by atoms with Gasteiger partial charge in [-0.15, -0.1) is 0 Å². The van der Waals surface area contributed by atoms with Crippen LogP contribution in [0.5, 0.6) is 0 Å². The summed E-state index contributed by atoms with van der Waals surface area (Å²) < 4.78 is 27.3. The molecule has 4 aliphatic rings. The highest BCUT2D eigenvalue weighted by Gasteiger charge is 2.48. The highest BCUT2D eigenvalue weighted by atomic mass is 16.8. The second-order valence-electron chi connectivity index (χ2n) is 7.61. The van der Waals surface area contributed by atoms with E-state index in [1.54, 1.807) is 0 Å². The fourth-order valence-electron chi connectivity index (χ4n) is 4.27. The third-order valence-electron chi connectivity index (χ3n) is 5.55. The van der Waals surface area contributed by atoms with Crippen LogP contribution in [-0.4, -0.2) is 47.7 Å². The molecule has 0 unspecified atom stereocenters. The van der Waals surface area contributed by atoms with Gasteiger partial charge in [0, 0.05) is 25.7 Å². The van der Waals surface area contributed by atoms with Gasteiger partial charge in [0.05, 0.1) is 12.2 Å². The lowest BCUT2D eigenvalue weighted by atomic mass is 9.88. The van der Waals surface area contributed by atoms with Crippen molar-refractivity contribution in [3.05, 3.63) is 0 Å². The minimum atomic E-state index is -1.13. The van der Waals surface area contributed by atoms with E-state index >= 15 is 0 Å². The first-order chi connectivity index (χ1) is 12.9. The fraction of sp³-hybridized carbons (Fsp3) is 0.778. The minimum absolute atomic E-state index is 0.0227. The minimum Gasteiger partial charge on any atom is -0.422 e. The van der Waals surface area contributed by atoms with Gasteiger partial charge in [0.25, 0.3) is 11.6 Å². The van der Waals surface area contributed by atoms with Gasteiger partial charge >= 0.3 is 23.9 Å². The van der Waals surface area contributed by atoms with Crippen LogP contribution in [0.1, 0.15) is 64.2 Å². The number of carbonyl (C=O) groups is 4. The predicted octanol–water partition coefficient (Wildman–Crippen LogP) is 1.26. The Kier molecular flexibility index (Phi) is 4.57. The van der Waals surface area contributed by atoms with E-state index in [2.05, 4.69) is 0 Å². The van der Waals surface area contributed by atoms with Crippen molar-refractivity contribution >= 4 is 23.9 Å². The van der Waals surface area contributed by atoms with Crippen LogP contribution in [0.2, 0.25) is 0 Å². The van der Waals surface area contributed by atoms with Crippen molar-refractivity contribution in [2.24, 2.45) is 0 Å². The first-order valence-electron chi connectivity index (χ1n) is 9.38. The molecule has 4 fully saturated rings. The number of rotatable bonds is 2. The standard InChI is InChI=1S/C18H22O9/c19-13-9-14(20)25-17(24-13)5-1-11(2-6-17)23-12-3-7-18(8-4-12)26-15(21)10-16(22)27-18/h11-12H,1-10H2. The third kappa shape index (κ3) is 3.92. The molecule has 0 aromatic rings. The van der Waals surface area contributed by atoms with Gasteiger partial charge in [-0.25, -0.2) is 0 Å². The molecule has 4 rings (SSSR count). The van der Waals surface area contributed by atoms with Gasteiger partial charge < -0.3 is 23.7 Å². The maximum Gasteiger partial charge on any atom is 0.320 e. The van der Waals surface area contributed by atoms with Crippen molar-refractivity contribution in [3.8, 4) is 0 Å². The molecule has 2 saturated carbocycles. The molecule has 0 atom stereocenters. The molecule has 9 nitrogen and oxygen atoms in total. The Labute approximate surface area is 155 Å². The largest absolute Gasteiger partial charge is 0.422 e. The molecule has 0 aromatic carbocycles. The molecule has 2 aliphatic heterocycles. The number of esters is 4. The van der Waals surface area contributed by atoms with Gasteiger partial charge in [0.2, 0.25) is 0 Å². The number of hydrogen-bond acceptors (Lipinski definition) is 9. The average Bonchev–Trinajstić information content (AvgIpc) is 2.57. The maximum atomic E-state index is 11.5. The van der Waals surface area contributed by atoms with E-state index in [9.17, 15) is 19.2 Å². The Hall–Kier alpha value is -2.16. The summed E-state index contributed by atoms with van der Waals surface area (Å²) in [6.45, 7) is 0. The van der Waals surface area contributed by atoms with Crippen LogP contribution in [0.4, 0.5) is 0 Å². The van der Waals surface area contributed by atoms with Crippen LogP contribution < -0.4 is 0 Å². The van der Waals surface area contributed by atoms with E-state index in [-0.39, 0.29) is 25.0 Å². The zero-order valence-corrected chi connectivity index (χ0v) is 14.9. The molecule has 0 N–H and O–H groups in total. The smallest absolute Gasteiger partial charge is 0.320 e. The van der Waals surface area contributed by atoms with Gasteiger partial charge in [-0.05, 0) is 25.7 Å². The van der Waals surface area contributed by atoms with Crippen molar-refractivity contribution in [2.75, 3.05) is 0 Å². The summed E-state index contributed by atoms with van der Waals surface area (Å²) in [6, 6.07) is 0. The summed E-state index contributed by atoms with van der Waals surface area (Å²) in [5.41, 5.74) is 0. The van der Waals surface area contributed by atoms with Crippen LogP contribution in [-0.2, 0) is 42.9 Å². The third-order valence-corrected chi connectivity index (χ3v) is 5.55. The van der Waals surface area contributed by atoms with Crippen molar-refractivity contribution in [1.82, 2.24) is 0 Å². The fourth-order valence-corrected chi connectivity index (χ4v) is 4.27. The van der Waals surface area contributed by atoms with Gasteiger partial charge in [-0.2, -0.15) is 0 Å². The predicted molar refractivity (Wildman–Crippen MR) is 84.7 cm³/mol. The monoisotopic (exact) mass is 382 g/mol. The van der Waals surface area contributed by atoms with E-state index in [4.69, 9.17) is 23.7 Å². The zero-order valence-electron chi connectivity index (χ0n) is 14.9. The van der Waals surface area contributed by atoms with Crippen molar-refractivity contribution in [3.63, 3.8) is 0 Å². The second-order valence-corrected chi connectivity index (χ2v) is 7.61. The Bertz CT molecular complexity index is 562. The molecule has 9 heteroatoms. The molecule has 27 heavy (non-hydrogen) atoms. The molecule has 2 spiro atoms. The number of hydrogen-bond donors (Lipinski definition) is 0. The molecular weight excluding hydrogens is 360 g/mol. The molecule has 0 bridgehead atoms. The van der Waals surface area contributed by atoms with Crippen molar-refractivity contribution in [2.45, 2.75) is 88.0 Å². The normalized spacial score (nSPS) is 30.4. The van der Waals surface area contributed by atoms with Crippen LogP contribution in [0.3, 0.4) is 0 Å². The summed E-state index contributed by atoms with van der Waals surface area (Å²) in [6.07, 6.45) is 3.43. The lowest BCUT2D eigenvalue weighted by molar-refractivity contribution is -0.265. The Balaban J connectivity index is 1.26. The molecule has 2 saturated heterocycles. The summed E-state index contributed by atoms with van der Waals surface area (Å²) in [7, 11) is 0. The molecule has 0 amide bonds. The first kappa shape index (κ1) is 18.2. The highest BCUT2D eigenvalue weighted by Crippen LogP contribution is 2.40.